The molecule has 6 nitrogen and oxygen atoms in total. The van der Waals surface area contributed by atoms with Crippen LogP contribution in [0.15, 0.2) is 24.5 Å². The van der Waals surface area contributed by atoms with E-state index in [1.807, 2.05) is 18.5 Å². The summed E-state index contributed by atoms with van der Waals surface area (Å²) in [6.07, 6.45) is 7.50. The fourth-order valence-electron chi connectivity index (χ4n) is 3.06. The number of aryl methyl sites for hydroxylation is 1. The summed E-state index contributed by atoms with van der Waals surface area (Å²) in [7, 11) is 0. The Hall–Kier alpha value is -1.79. The second-order valence-corrected chi connectivity index (χ2v) is 6.59. The van der Waals surface area contributed by atoms with Gasteiger partial charge in [0.1, 0.15) is 5.69 Å². The summed E-state index contributed by atoms with van der Waals surface area (Å²) >= 11 is 0. The van der Waals surface area contributed by atoms with E-state index in [2.05, 4.69) is 30.9 Å². The van der Waals surface area contributed by atoms with Crippen LogP contribution in [0.3, 0.4) is 0 Å². The van der Waals surface area contributed by atoms with Gasteiger partial charge < -0.3 is 4.74 Å². The fourth-order valence-corrected chi connectivity index (χ4v) is 3.06. The third-order valence-electron chi connectivity index (χ3n) is 4.55. The van der Waals surface area contributed by atoms with Gasteiger partial charge in [-0.25, -0.2) is 4.68 Å². The van der Waals surface area contributed by atoms with Crippen LogP contribution >= 0.6 is 0 Å². The first-order valence-electron chi connectivity index (χ1n) is 8.49. The number of fused-ring (bicyclic) bond motifs is 1. The van der Waals surface area contributed by atoms with E-state index in [0.717, 1.165) is 50.8 Å². The Bertz CT molecular complexity index is 638. The molecule has 1 saturated carbocycles. The lowest BCUT2D eigenvalue weighted by molar-refractivity contribution is 0.107. The van der Waals surface area contributed by atoms with Crippen molar-refractivity contribution in [2.75, 3.05) is 13.2 Å². The van der Waals surface area contributed by atoms with Gasteiger partial charge in [-0.1, -0.05) is 11.3 Å². The molecule has 4 rings (SSSR count). The molecule has 0 spiro atoms. The fraction of sp³-hybridized carbons (Fsp3) is 0.588. The number of ether oxygens (including phenoxy) is 1. The molecule has 2 aliphatic rings. The number of rotatable bonds is 6. The molecule has 0 atom stereocenters. The van der Waals surface area contributed by atoms with Crippen molar-refractivity contribution in [2.24, 2.45) is 5.92 Å². The van der Waals surface area contributed by atoms with E-state index in [-0.39, 0.29) is 0 Å². The predicted octanol–water partition coefficient (Wildman–Crippen LogP) is 2.01. The molecule has 1 fully saturated rings. The predicted molar refractivity (Wildman–Crippen MR) is 85.4 cm³/mol. The van der Waals surface area contributed by atoms with Crippen LogP contribution in [0, 0.1) is 5.92 Å². The number of nitrogens with zero attached hydrogens (tertiary/aromatic N) is 5. The highest BCUT2D eigenvalue weighted by atomic mass is 16.5. The van der Waals surface area contributed by atoms with Crippen molar-refractivity contribution >= 4 is 0 Å². The van der Waals surface area contributed by atoms with Crippen molar-refractivity contribution in [2.45, 2.75) is 45.5 Å². The average molecular weight is 313 g/mol. The zero-order valence-electron chi connectivity index (χ0n) is 13.4. The Balaban J connectivity index is 1.42. The van der Waals surface area contributed by atoms with Crippen LogP contribution in [0.2, 0.25) is 0 Å². The molecule has 23 heavy (non-hydrogen) atoms. The summed E-state index contributed by atoms with van der Waals surface area (Å²) in [5.41, 5.74) is 3.46. The van der Waals surface area contributed by atoms with E-state index in [1.165, 1.54) is 24.1 Å². The van der Waals surface area contributed by atoms with Crippen LogP contribution in [-0.2, 0) is 31.0 Å². The third kappa shape index (κ3) is 3.76. The molecule has 3 heterocycles. The van der Waals surface area contributed by atoms with Crippen molar-refractivity contribution in [3.63, 3.8) is 0 Å². The van der Waals surface area contributed by atoms with Crippen LogP contribution in [0.5, 0.6) is 0 Å². The van der Waals surface area contributed by atoms with E-state index in [1.54, 1.807) is 0 Å². The Morgan fingerprint density at radius 1 is 1.26 bits per heavy atom. The van der Waals surface area contributed by atoms with Crippen molar-refractivity contribution in [3.05, 3.63) is 41.5 Å². The van der Waals surface area contributed by atoms with Gasteiger partial charge in [0.15, 0.2) is 0 Å². The monoisotopic (exact) mass is 313 g/mol. The summed E-state index contributed by atoms with van der Waals surface area (Å²) in [4.78, 5) is 6.66. The summed E-state index contributed by atoms with van der Waals surface area (Å²) in [6.45, 7) is 5.26. The third-order valence-corrected chi connectivity index (χ3v) is 4.55. The van der Waals surface area contributed by atoms with Gasteiger partial charge in [0.25, 0.3) is 0 Å². The maximum absolute atomic E-state index is 5.82. The SMILES string of the molecule is c1cncc(CN2CCCn3nnc(COCC4CC4)c3C2)c1. The highest BCUT2D eigenvalue weighted by Crippen LogP contribution is 2.29. The van der Waals surface area contributed by atoms with Crippen LogP contribution < -0.4 is 0 Å². The molecule has 2 aromatic rings. The van der Waals surface area contributed by atoms with E-state index in [4.69, 9.17) is 4.74 Å². The minimum atomic E-state index is 0.590. The molecule has 0 saturated heterocycles. The molecule has 0 radical (unpaired) electrons. The molecule has 6 heteroatoms. The van der Waals surface area contributed by atoms with Gasteiger partial charge in [-0.2, -0.15) is 0 Å². The van der Waals surface area contributed by atoms with Gasteiger partial charge in [-0.15, -0.1) is 5.10 Å². The average Bonchev–Trinajstić information content (AvgIpc) is 3.35. The smallest absolute Gasteiger partial charge is 0.113 e. The minimum absolute atomic E-state index is 0.590. The summed E-state index contributed by atoms with van der Waals surface area (Å²) in [5, 5.41) is 8.67. The topological polar surface area (TPSA) is 56.1 Å². The summed E-state index contributed by atoms with van der Waals surface area (Å²) in [6, 6.07) is 4.13. The maximum atomic E-state index is 5.82. The first-order chi connectivity index (χ1) is 11.4. The van der Waals surface area contributed by atoms with Gasteiger partial charge in [-0.05, 0) is 36.8 Å². The zero-order chi connectivity index (χ0) is 15.5. The summed E-state index contributed by atoms with van der Waals surface area (Å²) in [5.74, 6) is 0.784. The Morgan fingerprint density at radius 3 is 3.04 bits per heavy atom. The standard InChI is InChI=1S/C17H23N5O/c1-3-15(9-18-6-1)10-21-7-2-8-22-17(11-21)16(19-20-22)13-23-12-14-4-5-14/h1,3,6,9,14H,2,4-5,7-8,10-13H2. The molecular formula is C17H23N5O. The van der Waals surface area contributed by atoms with E-state index < -0.39 is 0 Å². The van der Waals surface area contributed by atoms with Gasteiger partial charge in [0.05, 0.1) is 12.3 Å². The van der Waals surface area contributed by atoms with E-state index in [9.17, 15) is 0 Å². The van der Waals surface area contributed by atoms with Crippen LogP contribution in [0.4, 0.5) is 0 Å². The quantitative estimate of drug-likeness (QED) is 0.816. The second kappa shape index (κ2) is 6.76. The van der Waals surface area contributed by atoms with E-state index >= 15 is 0 Å². The number of hydrogen-bond donors (Lipinski definition) is 0. The molecular weight excluding hydrogens is 290 g/mol. The summed E-state index contributed by atoms with van der Waals surface area (Å²) < 4.78 is 7.87. The number of aromatic nitrogens is 4. The van der Waals surface area contributed by atoms with Crippen molar-refractivity contribution in [1.29, 1.82) is 0 Å². The zero-order valence-corrected chi connectivity index (χ0v) is 13.4. The molecule has 0 amide bonds. The largest absolute Gasteiger partial charge is 0.375 e. The lowest BCUT2D eigenvalue weighted by atomic mass is 10.2. The molecule has 1 aliphatic heterocycles. The van der Waals surface area contributed by atoms with E-state index in [0.29, 0.717) is 6.61 Å². The van der Waals surface area contributed by atoms with Gasteiger partial charge in [0, 0.05) is 45.2 Å². The Kier molecular flexibility index (Phi) is 4.35. The number of hydrogen-bond acceptors (Lipinski definition) is 5. The minimum Gasteiger partial charge on any atom is -0.375 e. The van der Waals surface area contributed by atoms with Crippen LogP contribution in [0.1, 0.15) is 36.2 Å². The Morgan fingerprint density at radius 2 is 2.22 bits per heavy atom. The molecule has 0 N–H and O–H groups in total. The molecule has 122 valence electrons. The lowest BCUT2D eigenvalue weighted by Crippen LogP contribution is -2.23. The maximum Gasteiger partial charge on any atom is 0.113 e. The van der Waals surface area contributed by atoms with Crippen molar-refractivity contribution < 1.29 is 4.74 Å². The molecule has 0 unspecified atom stereocenters. The highest BCUT2D eigenvalue weighted by molar-refractivity contribution is 5.12. The molecule has 2 aromatic heterocycles. The lowest BCUT2D eigenvalue weighted by Gasteiger charge is -2.19. The van der Waals surface area contributed by atoms with Crippen LogP contribution in [-0.4, -0.2) is 38.0 Å². The van der Waals surface area contributed by atoms with Gasteiger partial charge in [-0.3, -0.25) is 9.88 Å². The molecule has 0 bridgehead atoms. The molecule has 0 aromatic carbocycles. The van der Waals surface area contributed by atoms with Gasteiger partial charge >= 0.3 is 0 Å². The van der Waals surface area contributed by atoms with Crippen LogP contribution in [0.25, 0.3) is 0 Å². The highest BCUT2D eigenvalue weighted by Gasteiger charge is 2.23. The number of pyridine rings is 1. The molecule has 1 aliphatic carbocycles. The Labute approximate surface area is 136 Å². The first kappa shape index (κ1) is 14.8. The van der Waals surface area contributed by atoms with Crippen molar-refractivity contribution in [1.82, 2.24) is 24.9 Å². The van der Waals surface area contributed by atoms with Crippen molar-refractivity contribution in [3.8, 4) is 0 Å². The first-order valence-corrected chi connectivity index (χ1v) is 8.49. The van der Waals surface area contributed by atoms with Gasteiger partial charge in [0.2, 0.25) is 0 Å². The second-order valence-electron chi connectivity index (χ2n) is 6.59. The normalized spacial score (nSPS) is 18.6.